The van der Waals surface area contributed by atoms with Gasteiger partial charge in [-0.3, -0.25) is 9.52 Å². The fraction of sp³-hybridized carbons (Fsp3) is 0.417. The summed E-state index contributed by atoms with van der Waals surface area (Å²) in [5, 5.41) is 2.20. The van der Waals surface area contributed by atoms with Crippen LogP contribution in [0.2, 0.25) is 0 Å². The van der Waals surface area contributed by atoms with Crippen LogP contribution in [-0.2, 0) is 19.6 Å². The Hall–Kier alpha value is -1.12. The fourth-order valence-corrected chi connectivity index (χ4v) is 3.84. The maximum atomic E-state index is 12.3. The van der Waals surface area contributed by atoms with Gasteiger partial charge < -0.3 is 10.1 Å². The number of ether oxygens (including phenoxy) is 1. The second-order valence-electron chi connectivity index (χ2n) is 4.50. The molecule has 2 rings (SSSR count). The fourth-order valence-electron chi connectivity index (χ4n) is 2.06. The molecule has 1 aromatic carbocycles. The van der Waals surface area contributed by atoms with Crippen LogP contribution < -0.4 is 10.0 Å². The Balaban J connectivity index is 2.07. The Labute approximate surface area is 126 Å². The van der Waals surface area contributed by atoms with E-state index in [0.29, 0.717) is 5.69 Å². The molecule has 6 nitrogen and oxygen atoms in total. The molecule has 1 heterocycles. The van der Waals surface area contributed by atoms with Crippen molar-refractivity contribution in [3.63, 3.8) is 0 Å². The molecular formula is C12H15BrN2O4S. The van der Waals surface area contributed by atoms with Crippen molar-refractivity contribution in [2.24, 2.45) is 0 Å². The molecule has 0 aromatic heterocycles. The SMILES string of the molecule is COC(=O)C1CC(S(=O)(=O)Nc2cccc(Br)c2)CN1. The number of halogens is 1. The van der Waals surface area contributed by atoms with Gasteiger partial charge in [0.2, 0.25) is 10.0 Å². The van der Waals surface area contributed by atoms with E-state index >= 15 is 0 Å². The minimum Gasteiger partial charge on any atom is -0.468 e. The van der Waals surface area contributed by atoms with Crippen molar-refractivity contribution in [1.82, 2.24) is 5.32 Å². The van der Waals surface area contributed by atoms with E-state index in [1.807, 2.05) is 6.07 Å². The number of benzene rings is 1. The van der Waals surface area contributed by atoms with Crippen LogP contribution in [0.3, 0.4) is 0 Å². The summed E-state index contributed by atoms with van der Waals surface area (Å²) in [6.45, 7) is 0.225. The first-order valence-corrected chi connectivity index (χ1v) is 8.34. The molecule has 1 saturated heterocycles. The molecule has 0 amide bonds. The van der Waals surface area contributed by atoms with E-state index in [1.54, 1.807) is 18.2 Å². The lowest BCUT2D eigenvalue weighted by Crippen LogP contribution is -2.31. The summed E-state index contributed by atoms with van der Waals surface area (Å²) in [7, 11) is -2.26. The van der Waals surface area contributed by atoms with E-state index in [2.05, 4.69) is 30.7 Å². The van der Waals surface area contributed by atoms with Crippen LogP contribution in [0.25, 0.3) is 0 Å². The topological polar surface area (TPSA) is 84.5 Å². The van der Waals surface area contributed by atoms with Gasteiger partial charge in [-0.1, -0.05) is 22.0 Å². The molecule has 0 aliphatic carbocycles. The van der Waals surface area contributed by atoms with E-state index < -0.39 is 27.3 Å². The van der Waals surface area contributed by atoms with Gasteiger partial charge in [0.15, 0.2) is 0 Å². The smallest absolute Gasteiger partial charge is 0.322 e. The molecule has 1 fully saturated rings. The second-order valence-corrected chi connectivity index (χ2v) is 7.38. The third-order valence-corrected chi connectivity index (χ3v) is 5.35. The summed E-state index contributed by atoms with van der Waals surface area (Å²) in [6, 6.07) is 6.33. The van der Waals surface area contributed by atoms with Gasteiger partial charge in [-0.05, 0) is 24.6 Å². The molecule has 8 heteroatoms. The molecule has 2 unspecified atom stereocenters. The van der Waals surface area contributed by atoms with Crippen molar-refractivity contribution >= 4 is 37.6 Å². The van der Waals surface area contributed by atoms with Crippen molar-refractivity contribution in [2.75, 3.05) is 18.4 Å². The summed E-state index contributed by atoms with van der Waals surface area (Å²) in [5.74, 6) is -0.440. The number of carbonyl (C=O) groups is 1. The first-order chi connectivity index (χ1) is 9.42. The predicted molar refractivity (Wildman–Crippen MR) is 78.9 cm³/mol. The molecule has 0 saturated carbocycles. The van der Waals surface area contributed by atoms with E-state index in [-0.39, 0.29) is 13.0 Å². The van der Waals surface area contributed by atoms with Gasteiger partial charge in [-0.2, -0.15) is 0 Å². The van der Waals surface area contributed by atoms with Gasteiger partial charge in [0.05, 0.1) is 12.4 Å². The molecule has 2 atom stereocenters. The van der Waals surface area contributed by atoms with Crippen molar-refractivity contribution in [3.05, 3.63) is 28.7 Å². The van der Waals surface area contributed by atoms with Crippen LogP contribution in [0, 0.1) is 0 Å². The highest BCUT2D eigenvalue weighted by molar-refractivity contribution is 9.10. The summed E-state index contributed by atoms with van der Waals surface area (Å²) in [5.41, 5.74) is 0.487. The number of rotatable bonds is 4. The van der Waals surface area contributed by atoms with Crippen LogP contribution >= 0.6 is 15.9 Å². The van der Waals surface area contributed by atoms with Crippen LogP contribution in [0.5, 0.6) is 0 Å². The van der Waals surface area contributed by atoms with Crippen molar-refractivity contribution in [3.8, 4) is 0 Å². The maximum Gasteiger partial charge on any atom is 0.322 e. The third-order valence-electron chi connectivity index (χ3n) is 3.10. The third kappa shape index (κ3) is 3.50. The average molecular weight is 363 g/mol. The number of carbonyl (C=O) groups excluding carboxylic acids is 1. The highest BCUT2D eigenvalue weighted by atomic mass is 79.9. The van der Waals surface area contributed by atoms with E-state index in [1.165, 1.54) is 7.11 Å². The quantitative estimate of drug-likeness (QED) is 0.783. The van der Waals surface area contributed by atoms with E-state index in [4.69, 9.17) is 0 Å². The number of hydrogen-bond donors (Lipinski definition) is 2. The van der Waals surface area contributed by atoms with Gasteiger partial charge in [-0.25, -0.2) is 8.42 Å². The molecular weight excluding hydrogens is 348 g/mol. The number of hydrogen-bond acceptors (Lipinski definition) is 5. The highest BCUT2D eigenvalue weighted by Gasteiger charge is 2.37. The average Bonchev–Trinajstić information content (AvgIpc) is 2.87. The summed E-state index contributed by atoms with van der Waals surface area (Å²) in [4.78, 5) is 11.4. The first kappa shape index (κ1) is 15.3. The molecule has 1 aliphatic heterocycles. The van der Waals surface area contributed by atoms with Crippen LogP contribution in [-0.4, -0.2) is 39.3 Å². The summed E-state index contributed by atoms with van der Waals surface area (Å²) < 4.78 is 32.4. The molecule has 1 aromatic rings. The monoisotopic (exact) mass is 362 g/mol. The number of esters is 1. The Bertz CT molecular complexity index is 605. The van der Waals surface area contributed by atoms with Gasteiger partial charge in [0.25, 0.3) is 0 Å². The van der Waals surface area contributed by atoms with Gasteiger partial charge in [0, 0.05) is 16.7 Å². The van der Waals surface area contributed by atoms with Gasteiger partial charge in [0.1, 0.15) is 6.04 Å². The van der Waals surface area contributed by atoms with E-state index in [9.17, 15) is 13.2 Å². The minimum absolute atomic E-state index is 0.204. The first-order valence-electron chi connectivity index (χ1n) is 6.01. The zero-order valence-corrected chi connectivity index (χ0v) is 13.2. The lowest BCUT2D eigenvalue weighted by molar-refractivity contribution is -0.142. The summed E-state index contributed by atoms with van der Waals surface area (Å²) in [6.07, 6.45) is 0.204. The van der Waals surface area contributed by atoms with Crippen molar-refractivity contribution in [1.29, 1.82) is 0 Å². The minimum atomic E-state index is -3.55. The van der Waals surface area contributed by atoms with Crippen LogP contribution in [0.4, 0.5) is 5.69 Å². The molecule has 0 bridgehead atoms. The zero-order valence-electron chi connectivity index (χ0n) is 10.8. The molecule has 110 valence electrons. The number of methoxy groups -OCH3 is 1. The molecule has 1 aliphatic rings. The molecule has 0 radical (unpaired) electrons. The predicted octanol–water partition coefficient (Wildman–Crippen LogP) is 1.09. The Morgan fingerprint density at radius 1 is 1.50 bits per heavy atom. The Kier molecular flexibility index (Phi) is 4.66. The maximum absolute atomic E-state index is 12.3. The standard InChI is InChI=1S/C12H15BrN2O4S/c1-19-12(16)11-6-10(7-14-11)20(17,18)15-9-4-2-3-8(13)5-9/h2-5,10-11,14-15H,6-7H2,1H3. The second kappa shape index (κ2) is 6.11. The number of nitrogens with one attached hydrogen (secondary N) is 2. The van der Waals surface area contributed by atoms with E-state index in [0.717, 1.165) is 4.47 Å². The highest BCUT2D eigenvalue weighted by Crippen LogP contribution is 2.21. The Morgan fingerprint density at radius 3 is 2.90 bits per heavy atom. The molecule has 2 N–H and O–H groups in total. The Morgan fingerprint density at radius 2 is 2.25 bits per heavy atom. The van der Waals surface area contributed by atoms with Crippen molar-refractivity contribution < 1.29 is 17.9 Å². The number of anilines is 1. The lowest BCUT2D eigenvalue weighted by atomic mass is 10.2. The lowest BCUT2D eigenvalue weighted by Gasteiger charge is -2.13. The zero-order chi connectivity index (χ0) is 14.8. The summed E-state index contributed by atoms with van der Waals surface area (Å²) >= 11 is 3.28. The molecule has 0 spiro atoms. The molecule has 20 heavy (non-hydrogen) atoms. The van der Waals surface area contributed by atoms with Crippen molar-refractivity contribution in [2.45, 2.75) is 17.7 Å². The normalized spacial score (nSPS) is 22.5. The van der Waals surface area contributed by atoms with Crippen LogP contribution in [0.1, 0.15) is 6.42 Å². The number of sulfonamides is 1. The van der Waals surface area contributed by atoms with Gasteiger partial charge in [-0.15, -0.1) is 0 Å². The largest absolute Gasteiger partial charge is 0.468 e. The van der Waals surface area contributed by atoms with Gasteiger partial charge >= 0.3 is 5.97 Å². The van der Waals surface area contributed by atoms with Crippen LogP contribution in [0.15, 0.2) is 28.7 Å².